The lowest BCUT2D eigenvalue weighted by atomic mass is 9.89. The first-order valence-electron chi connectivity index (χ1n) is 12.9. The zero-order valence-corrected chi connectivity index (χ0v) is 22.6. The van der Waals surface area contributed by atoms with Gasteiger partial charge in [0.15, 0.2) is 5.69 Å². The van der Waals surface area contributed by atoms with E-state index >= 15 is 0 Å². The van der Waals surface area contributed by atoms with Gasteiger partial charge in [-0.15, -0.1) is 0 Å². The minimum atomic E-state index is -4.82. The van der Waals surface area contributed by atoms with Crippen LogP contribution in [0.2, 0.25) is 0 Å². The zero-order chi connectivity index (χ0) is 30.4. The second kappa shape index (κ2) is 12.5. The minimum Gasteiger partial charge on any atom is -0.465 e. The molecule has 0 radical (unpaired) electrons. The summed E-state index contributed by atoms with van der Waals surface area (Å²) in [7, 11) is 0. The first kappa shape index (κ1) is 29.7. The Morgan fingerprint density at radius 3 is 2.48 bits per heavy atom. The Bertz CT molecular complexity index is 1690. The molecular weight excluding hydrogens is 551 g/mol. The molecule has 1 aromatic heterocycles. The lowest BCUT2D eigenvalue weighted by Crippen LogP contribution is -2.20. The third-order valence-corrected chi connectivity index (χ3v) is 6.54. The molecule has 0 saturated heterocycles. The number of carbonyl (C=O) groups excluding carboxylic acids is 1. The van der Waals surface area contributed by atoms with E-state index in [1.54, 1.807) is 36.4 Å². The van der Waals surface area contributed by atoms with Crippen molar-refractivity contribution >= 4 is 23.4 Å². The van der Waals surface area contributed by atoms with E-state index in [9.17, 15) is 22.8 Å². The Kier molecular flexibility index (Phi) is 8.82. The molecule has 0 unspecified atom stereocenters. The summed E-state index contributed by atoms with van der Waals surface area (Å²) in [5.41, 5.74) is 11.9. The summed E-state index contributed by atoms with van der Waals surface area (Å²) in [5.74, 6) is -0.833. The van der Waals surface area contributed by atoms with Gasteiger partial charge in [0.2, 0.25) is 0 Å². The van der Waals surface area contributed by atoms with Gasteiger partial charge in [-0.05, 0) is 64.4 Å². The number of hydrogen-bond donors (Lipinski definition) is 3. The van der Waals surface area contributed by atoms with Crippen LogP contribution in [0.4, 0.5) is 29.3 Å². The van der Waals surface area contributed by atoms with Gasteiger partial charge in [0.05, 0.1) is 5.69 Å². The van der Waals surface area contributed by atoms with E-state index in [1.807, 2.05) is 19.9 Å². The van der Waals surface area contributed by atoms with Gasteiger partial charge in [-0.2, -0.15) is 18.3 Å². The zero-order valence-electron chi connectivity index (χ0n) is 22.6. The van der Waals surface area contributed by atoms with Crippen molar-refractivity contribution in [3.63, 3.8) is 0 Å². The SMILES string of the molecule is CCc1ccc(NC(=O)c2cc(C(F)(F)F)nn2-c2cccc(CNC(=O)O)c2)c(CC)c1-c1ccccc1N=[N+]=[N-]. The number of rotatable bonds is 9. The number of benzene rings is 3. The van der Waals surface area contributed by atoms with Crippen LogP contribution in [0.3, 0.4) is 0 Å². The van der Waals surface area contributed by atoms with Crippen molar-refractivity contribution in [1.82, 2.24) is 15.1 Å². The lowest BCUT2D eigenvalue weighted by Gasteiger charge is -2.20. The second-order valence-corrected chi connectivity index (χ2v) is 9.15. The van der Waals surface area contributed by atoms with Crippen molar-refractivity contribution in [2.24, 2.45) is 5.11 Å². The molecule has 10 nitrogen and oxygen atoms in total. The predicted octanol–water partition coefficient (Wildman–Crippen LogP) is 7.64. The quantitative estimate of drug-likeness (QED) is 0.107. The highest BCUT2D eigenvalue weighted by Gasteiger charge is 2.36. The van der Waals surface area contributed by atoms with Crippen molar-refractivity contribution < 1.29 is 27.9 Å². The standard InChI is InChI=1S/C29H26F3N7O3/c1-3-18-12-13-22(20(4-2)26(18)21-10-5-6-11-23(21)36-38-33)35-27(40)24-15-25(29(30,31)32)37-39(24)19-9-7-8-17(14-19)16-34-28(41)42/h5-15,34H,3-4,16H2,1-2H3,(H,35,40)(H,41,42). The number of aryl methyl sites for hydroxylation is 1. The number of anilines is 1. The summed E-state index contributed by atoms with van der Waals surface area (Å²) >= 11 is 0. The van der Waals surface area contributed by atoms with E-state index in [1.165, 1.54) is 18.2 Å². The number of carboxylic acid groups (broad SMARTS) is 1. The van der Waals surface area contributed by atoms with E-state index in [0.717, 1.165) is 15.8 Å². The molecular formula is C29H26F3N7O3. The molecule has 0 atom stereocenters. The molecule has 0 aliphatic heterocycles. The fourth-order valence-electron chi connectivity index (χ4n) is 4.67. The highest BCUT2D eigenvalue weighted by atomic mass is 19.4. The van der Waals surface area contributed by atoms with Crippen LogP contribution < -0.4 is 10.6 Å². The van der Waals surface area contributed by atoms with E-state index in [0.29, 0.717) is 47.0 Å². The predicted molar refractivity (Wildman–Crippen MR) is 151 cm³/mol. The molecule has 3 N–H and O–H groups in total. The third-order valence-electron chi connectivity index (χ3n) is 6.54. The van der Waals surface area contributed by atoms with Crippen molar-refractivity contribution in [1.29, 1.82) is 0 Å². The van der Waals surface area contributed by atoms with Gasteiger partial charge < -0.3 is 15.7 Å². The number of halogens is 3. The Hall–Kier alpha value is -5.29. The first-order valence-corrected chi connectivity index (χ1v) is 12.9. The number of amides is 2. The Balaban J connectivity index is 1.81. The molecule has 0 aliphatic rings. The maximum absolute atomic E-state index is 13.7. The summed E-state index contributed by atoms with van der Waals surface area (Å²) in [6.07, 6.45) is -5.00. The van der Waals surface area contributed by atoms with Crippen LogP contribution in [-0.4, -0.2) is 26.9 Å². The van der Waals surface area contributed by atoms with Crippen LogP contribution >= 0.6 is 0 Å². The summed E-state index contributed by atoms with van der Waals surface area (Å²) in [6, 6.07) is 17.2. The van der Waals surface area contributed by atoms with Gasteiger partial charge in [-0.1, -0.05) is 61.4 Å². The molecule has 3 aromatic carbocycles. The summed E-state index contributed by atoms with van der Waals surface area (Å²) in [6.45, 7) is 3.75. The fourth-order valence-corrected chi connectivity index (χ4v) is 4.67. The van der Waals surface area contributed by atoms with Gasteiger partial charge in [0.25, 0.3) is 5.91 Å². The second-order valence-electron chi connectivity index (χ2n) is 9.15. The Labute approximate surface area is 238 Å². The molecule has 0 aliphatic carbocycles. The van der Waals surface area contributed by atoms with Crippen LogP contribution in [0.25, 0.3) is 27.3 Å². The number of nitrogens with one attached hydrogen (secondary N) is 2. The van der Waals surface area contributed by atoms with Crippen LogP contribution in [0, 0.1) is 0 Å². The summed E-state index contributed by atoms with van der Waals surface area (Å²) < 4.78 is 42.0. The smallest absolute Gasteiger partial charge is 0.435 e. The highest BCUT2D eigenvalue weighted by molar-refractivity contribution is 6.05. The van der Waals surface area contributed by atoms with Gasteiger partial charge in [-0.25, -0.2) is 9.48 Å². The van der Waals surface area contributed by atoms with E-state index in [2.05, 4.69) is 25.8 Å². The fraction of sp³-hybridized carbons (Fsp3) is 0.207. The van der Waals surface area contributed by atoms with Crippen molar-refractivity contribution in [3.8, 4) is 16.8 Å². The summed E-state index contributed by atoms with van der Waals surface area (Å²) in [4.78, 5) is 27.4. The molecule has 4 rings (SSSR count). The Morgan fingerprint density at radius 2 is 1.81 bits per heavy atom. The average molecular weight is 578 g/mol. The van der Waals surface area contributed by atoms with Crippen LogP contribution in [0.15, 0.2) is 71.8 Å². The Morgan fingerprint density at radius 1 is 1.05 bits per heavy atom. The number of azide groups is 1. The van der Waals surface area contributed by atoms with Crippen LogP contribution in [0.5, 0.6) is 0 Å². The molecule has 4 aromatic rings. The van der Waals surface area contributed by atoms with Gasteiger partial charge in [-0.3, -0.25) is 4.79 Å². The normalized spacial score (nSPS) is 11.1. The van der Waals surface area contributed by atoms with Gasteiger partial charge in [0, 0.05) is 28.9 Å². The highest BCUT2D eigenvalue weighted by Crippen LogP contribution is 2.39. The molecule has 216 valence electrons. The maximum Gasteiger partial charge on any atom is 0.435 e. The minimum absolute atomic E-state index is 0.0954. The van der Waals surface area contributed by atoms with Crippen molar-refractivity contribution in [2.75, 3.05) is 5.32 Å². The van der Waals surface area contributed by atoms with E-state index in [4.69, 9.17) is 10.6 Å². The van der Waals surface area contributed by atoms with Gasteiger partial charge in [0.1, 0.15) is 5.69 Å². The van der Waals surface area contributed by atoms with Crippen molar-refractivity contribution in [3.05, 3.63) is 105 Å². The molecule has 1 heterocycles. The topological polar surface area (TPSA) is 145 Å². The molecule has 0 spiro atoms. The number of aromatic nitrogens is 2. The number of nitrogens with zero attached hydrogens (tertiary/aromatic N) is 5. The first-order chi connectivity index (χ1) is 20.1. The van der Waals surface area contributed by atoms with E-state index < -0.39 is 23.9 Å². The van der Waals surface area contributed by atoms with Crippen LogP contribution in [-0.2, 0) is 25.6 Å². The molecule has 0 bridgehead atoms. The van der Waals surface area contributed by atoms with Crippen molar-refractivity contribution in [2.45, 2.75) is 39.4 Å². The largest absolute Gasteiger partial charge is 0.465 e. The van der Waals surface area contributed by atoms with Crippen LogP contribution in [0.1, 0.15) is 46.7 Å². The molecule has 42 heavy (non-hydrogen) atoms. The monoisotopic (exact) mass is 577 g/mol. The molecule has 2 amide bonds. The summed E-state index contributed by atoms with van der Waals surface area (Å²) in [5, 5.41) is 21.3. The number of hydrogen-bond acceptors (Lipinski definition) is 4. The van der Waals surface area contributed by atoms with E-state index in [-0.39, 0.29) is 17.9 Å². The lowest BCUT2D eigenvalue weighted by molar-refractivity contribution is -0.141. The number of alkyl halides is 3. The number of carbonyl (C=O) groups is 2. The molecule has 13 heteroatoms. The molecule has 0 fully saturated rings. The van der Waals surface area contributed by atoms with Gasteiger partial charge >= 0.3 is 12.3 Å². The average Bonchev–Trinajstić information content (AvgIpc) is 3.43. The molecule has 0 saturated carbocycles. The third kappa shape index (κ3) is 6.37. The maximum atomic E-state index is 13.7.